The van der Waals surface area contributed by atoms with Gasteiger partial charge in [-0.25, -0.2) is 9.37 Å². The number of ether oxygens (including phenoxy) is 1. The first kappa shape index (κ1) is 12.9. The van der Waals surface area contributed by atoms with Crippen molar-refractivity contribution in [3.8, 4) is 5.75 Å². The molecule has 0 fully saturated rings. The number of halogens is 1. The molecule has 0 aliphatic carbocycles. The van der Waals surface area contributed by atoms with Crippen LogP contribution in [0.3, 0.4) is 0 Å². The van der Waals surface area contributed by atoms with Crippen molar-refractivity contribution in [3.05, 3.63) is 45.7 Å². The average Bonchev–Trinajstić information content (AvgIpc) is 2.72. The van der Waals surface area contributed by atoms with Crippen LogP contribution < -0.4 is 10.5 Å². The van der Waals surface area contributed by atoms with Crippen molar-refractivity contribution in [2.24, 2.45) is 5.73 Å². The van der Waals surface area contributed by atoms with E-state index in [9.17, 15) is 4.39 Å². The van der Waals surface area contributed by atoms with Crippen molar-refractivity contribution < 1.29 is 9.13 Å². The molecule has 0 bridgehead atoms. The lowest BCUT2D eigenvalue weighted by atomic mass is 10.2. The number of nitrogens with zero attached hydrogens (tertiary/aromatic N) is 1. The second-order valence-corrected chi connectivity index (χ2v) is 5.03. The van der Waals surface area contributed by atoms with E-state index in [2.05, 4.69) is 4.98 Å². The Morgan fingerprint density at radius 1 is 1.56 bits per heavy atom. The standard InChI is InChI=1S/C12H11FN2OS2/c1-7-6-18-10(15-7)5-16-9-4-2-3-8(13)11(9)12(14)17/h2-4,6H,5H2,1H3,(H2,14,17). The van der Waals surface area contributed by atoms with Gasteiger partial charge in [0.2, 0.25) is 0 Å². The van der Waals surface area contributed by atoms with Crippen LogP contribution >= 0.6 is 23.6 Å². The zero-order valence-electron chi connectivity index (χ0n) is 9.64. The SMILES string of the molecule is Cc1csc(COc2cccc(F)c2C(N)=S)n1. The van der Waals surface area contributed by atoms with Crippen LogP contribution in [-0.4, -0.2) is 9.97 Å². The van der Waals surface area contributed by atoms with Crippen molar-refractivity contribution in [2.75, 3.05) is 0 Å². The molecule has 18 heavy (non-hydrogen) atoms. The Bertz CT molecular complexity index is 583. The van der Waals surface area contributed by atoms with E-state index >= 15 is 0 Å². The van der Waals surface area contributed by atoms with Gasteiger partial charge in [0.1, 0.15) is 28.2 Å². The summed E-state index contributed by atoms with van der Waals surface area (Å²) in [7, 11) is 0. The Hall–Kier alpha value is -1.53. The molecule has 2 rings (SSSR count). The highest BCUT2D eigenvalue weighted by atomic mass is 32.1. The molecule has 0 aliphatic heterocycles. The predicted molar refractivity (Wildman–Crippen MR) is 73.5 cm³/mol. The number of hydrogen-bond donors (Lipinski definition) is 1. The van der Waals surface area contributed by atoms with Gasteiger partial charge in [-0.15, -0.1) is 11.3 Å². The van der Waals surface area contributed by atoms with E-state index in [1.165, 1.54) is 17.4 Å². The van der Waals surface area contributed by atoms with Crippen LogP contribution in [0.4, 0.5) is 4.39 Å². The molecule has 0 atom stereocenters. The van der Waals surface area contributed by atoms with Gasteiger partial charge in [-0.3, -0.25) is 0 Å². The van der Waals surface area contributed by atoms with Crippen LogP contribution in [0.5, 0.6) is 5.75 Å². The van der Waals surface area contributed by atoms with Crippen LogP contribution in [0.15, 0.2) is 23.6 Å². The third kappa shape index (κ3) is 2.83. The fourth-order valence-corrected chi connectivity index (χ4v) is 2.35. The summed E-state index contributed by atoms with van der Waals surface area (Å²) in [4.78, 5) is 4.24. The molecule has 0 amide bonds. The van der Waals surface area contributed by atoms with E-state index in [4.69, 9.17) is 22.7 Å². The maximum atomic E-state index is 13.6. The first-order valence-electron chi connectivity index (χ1n) is 5.20. The van der Waals surface area contributed by atoms with E-state index in [0.717, 1.165) is 10.7 Å². The Labute approximate surface area is 113 Å². The van der Waals surface area contributed by atoms with Crippen LogP contribution in [0, 0.1) is 12.7 Å². The monoisotopic (exact) mass is 282 g/mol. The number of aromatic nitrogens is 1. The molecule has 0 saturated carbocycles. The zero-order chi connectivity index (χ0) is 13.1. The Morgan fingerprint density at radius 3 is 2.94 bits per heavy atom. The van der Waals surface area contributed by atoms with Crippen LogP contribution in [0.1, 0.15) is 16.3 Å². The molecule has 0 aliphatic rings. The highest BCUT2D eigenvalue weighted by Gasteiger charge is 2.12. The van der Waals surface area contributed by atoms with Crippen molar-refractivity contribution >= 4 is 28.5 Å². The van der Waals surface area contributed by atoms with Gasteiger partial charge >= 0.3 is 0 Å². The number of thiocarbonyl (C=S) groups is 1. The van der Waals surface area contributed by atoms with Crippen molar-refractivity contribution in [1.29, 1.82) is 0 Å². The van der Waals surface area contributed by atoms with Gasteiger partial charge in [-0.1, -0.05) is 18.3 Å². The van der Waals surface area contributed by atoms with Crippen molar-refractivity contribution in [1.82, 2.24) is 4.98 Å². The van der Waals surface area contributed by atoms with Gasteiger partial charge < -0.3 is 10.5 Å². The minimum Gasteiger partial charge on any atom is -0.486 e. The molecular formula is C12H11FN2OS2. The third-order valence-electron chi connectivity index (χ3n) is 2.24. The van der Waals surface area contributed by atoms with Crippen LogP contribution in [-0.2, 0) is 6.61 Å². The van der Waals surface area contributed by atoms with Crippen LogP contribution in [0.25, 0.3) is 0 Å². The number of rotatable bonds is 4. The van der Waals surface area contributed by atoms with E-state index in [-0.39, 0.29) is 17.2 Å². The highest BCUT2D eigenvalue weighted by molar-refractivity contribution is 7.80. The topological polar surface area (TPSA) is 48.1 Å². The molecule has 0 spiro atoms. The quantitative estimate of drug-likeness (QED) is 0.876. The lowest BCUT2D eigenvalue weighted by molar-refractivity contribution is 0.303. The molecule has 3 nitrogen and oxygen atoms in total. The summed E-state index contributed by atoms with van der Waals surface area (Å²) in [5.74, 6) is -0.134. The molecule has 0 unspecified atom stereocenters. The molecule has 0 radical (unpaired) electrons. The Morgan fingerprint density at radius 2 is 2.33 bits per heavy atom. The molecular weight excluding hydrogens is 271 g/mol. The molecule has 0 saturated heterocycles. The second kappa shape index (κ2) is 5.41. The van der Waals surface area contributed by atoms with E-state index in [1.807, 2.05) is 12.3 Å². The number of aryl methyl sites for hydroxylation is 1. The number of hydrogen-bond acceptors (Lipinski definition) is 4. The second-order valence-electron chi connectivity index (χ2n) is 3.65. The third-order valence-corrected chi connectivity index (χ3v) is 3.38. The molecule has 94 valence electrons. The largest absolute Gasteiger partial charge is 0.486 e. The number of thiazole rings is 1. The van der Waals surface area contributed by atoms with Gasteiger partial charge in [-0.2, -0.15) is 0 Å². The van der Waals surface area contributed by atoms with Gasteiger partial charge in [0.15, 0.2) is 0 Å². The summed E-state index contributed by atoms with van der Waals surface area (Å²) >= 11 is 6.31. The zero-order valence-corrected chi connectivity index (χ0v) is 11.3. The average molecular weight is 282 g/mol. The van der Waals surface area contributed by atoms with Crippen molar-refractivity contribution in [2.45, 2.75) is 13.5 Å². The summed E-state index contributed by atoms with van der Waals surface area (Å²) in [5, 5.41) is 2.75. The lowest BCUT2D eigenvalue weighted by Gasteiger charge is -2.10. The lowest BCUT2D eigenvalue weighted by Crippen LogP contribution is -2.14. The maximum Gasteiger partial charge on any atom is 0.140 e. The minimum atomic E-state index is -0.477. The molecule has 6 heteroatoms. The highest BCUT2D eigenvalue weighted by Crippen LogP contribution is 2.23. The molecule has 2 aromatic rings. The molecule has 1 aromatic carbocycles. The minimum absolute atomic E-state index is 0.0154. The first-order chi connectivity index (χ1) is 8.58. The van der Waals surface area contributed by atoms with E-state index in [1.54, 1.807) is 12.1 Å². The smallest absolute Gasteiger partial charge is 0.140 e. The molecule has 1 aromatic heterocycles. The van der Waals surface area contributed by atoms with Gasteiger partial charge in [0.25, 0.3) is 0 Å². The first-order valence-corrected chi connectivity index (χ1v) is 6.49. The fourth-order valence-electron chi connectivity index (χ4n) is 1.47. The summed E-state index contributed by atoms with van der Waals surface area (Å²) < 4.78 is 19.1. The fraction of sp³-hybridized carbons (Fsp3) is 0.167. The van der Waals surface area contributed by atoms with E-state index < -0.39 is 5.82 Å². The van der Waals surface area contributed by atoms with Gasteiger partial charge in [0.05, 0.1) is 5.56 Å². The van der Waals surface area contributed by atoms with Crippen molar-refractivity contribution in [3.63, 3.8) is 0 Å². The number of benzene rings is 1. The summed E-state index contributed by atoms with van der Waals surface area (Å²) in [6, 6.07) is 4.49. The van der Waals surface area contributed by atoms with E-state index in [0.29, 0.717) is 5.75 Å². The van der Waals surface area contributed by atoms with Gasteiger partial charge in [0, 0.05) is 11.1 Å². The Kier molecular flexibility index (Phi) is 3.88. The molecule has 1 heterocycles. The number of nitrogens with two attached hydrogens (primary N) is 1. The maximum absolute atomic E-state index is 13.6. The normalized spacial score (nSPS) is 10.3. The van der Waals surface area contributed by atoms with Crippen LogP contribution in [0.2, 0.25) is 0 Å². The summed E-state index contributed by atoms with van der Waals surface area (Å²) in [5.41, 5.74) is 6.56. The molecule has 2 N–H and O–H groups in total. The summed E-state index contributed by atoms with van der Waals surface area (Å²) in [6.07, 6.45) is 0. The summed E-state index contributed by atoms with van der Waals surface area (Å²) in [6.45, 7) is 2.18. The van der Waals surface area contributed by atoms with Gasteiger partial charge in [-0.05, 0) is 19.1 Å². The predicted octanol–water partition coefficient (Wildman–Crippen LogP) is 2.80. The Balaban J connectivity index is 2.19.